The lowest BCUT2D eigenvalue weighted by Crippen LogP contribution is -2.55. The number of aromatic nitrogens is 2. The lowest BCUT2D eigenvalue weighted by Gasteiger charge is -2.40. The van der Waals surface area contributed by atoms with Crippen molar-refractivity contribution in [2.24, 2.45) is 4.99 Å². The van der Waals surface area contributed by atoms with E-state index in [1.807, 2.05) is 4.90 Å². The molecule has 0 aliphatic carbocycles. The molecule has 266 valence electrons. The number of alkyl halides is 1. The van der Waals surface area contributed by atoms with Crippen molar-refractivity contribution < 1.29 is 27.8 Å². The van der Waals surface area contributed by atoms with E-state index in [0.717, 1.165) is 30.7 Å². The molecule has 6 heterocycles. The monoisotopic (exact) mass is 718 g/mol. The number of halogens is 3. The number of thiophene rings is 1. The molecule has 4 aliphatic heterocycles. The number of aliphatic imine (C=N–C) groups is 1. The van der Waals surface area contributed by atoms with Gasteiger partial charge in [-0.05, 0) is 62.4 Å². The fourth-order valence-electron chi connectivity index (χ4n) is 8.72. The molecule has 4 aliphatic rings. The summed E-state index contributed by atoms with van der Waals surface area (Å²) in [6, 6.07) is 6.16. The van der Waals surface area contributed by atoms with Gasteiger partial charge in [-0.3, -0.25) is 9.80 Å². The van der Waals surface area contributed by atoms with Gasteiger partial charge in [-0.25, -0.2) is 23.0 Å². The van der Waals surface area contributed by atoms with Crippen molar-refractivity contribution in [2.45, 2.75) is 62.8 Å². The quantitative estimate of drug-likeness (QED) is 0.169. The normalized spacial score (nSPS) is 24.6. The Kier molecular flexibility index (Phi) is 8.22. The molecule has 1 amide bonds. The number of rotatable bonds is 7. The molecule has 11 nitrogen and oxygen atoms in total. The molecule has 4 atom stereocenters. The van der Waals surface area contributed by atoms with Gasteiger partial charge in [0.05, 0.1) is 34.2 Å². The maximum absolute atomic E-state index is 17.3. The van der Waals surface area contributed by atoms with E-state index in [0.29, 0.717) is 66.2 Å². The van der Waals surface area contributed by atoms with Gasteiger partial charge in [0.1, 0.15) is 41.0 Å². The van der Waals surface area contributed by atoms with Gasteiger partial charge in [0, 0.05) is 56.5 Å². The van der Waals surface area contributed by atoms with Crippen molar-refractivity contribution in [1.82, 2.24) is 24.7 Å². The minimum Gasteiger partial charge on any atom is -0.465 e. The van der Waals surface area contributed by atoms with Crippen LogP contribution in [0.25, 0.3) is 32.1 Å². The van der Waals surface area contributed by atoms with Gasteiger partial charge >= 0.3 is 12.1 Å². The zero-order valence-corrected chi connectivity index (χ0v) is 29.3. The third-order valence-corrected chi connectivity index (χ3v) is 12.0. The Hall–Kier alpha value is -4.68. The van der Waals surface area contributed by atoms with Crippen molar-refractivity contribution in [3.63, 3.8) is 0 Å². The first-order valence-electron chi connectivity index (χ1n) is 17.1. The van der Waals surface area contributed by atoms with Crippen LogP contribution in [0.4, 0.5) is 28.8 Å². The number of fused-ring (bicyclic) bond motifs is 5. The molecule has 2 bridgehead atoms. The van der Waals surface area contributed by atoms with Crippen LogP contribution in [-0.4, -0.2) is 113 Å². The Morgan fingerprint density at radius 3 is 2.71 bits per heavy atom. The Morgan fingerprint density at radius 2 is 2.00 bits per heavy atom. The lowest BCUT2D eigenvalue weighted by molar-refractivity contribution is 0.107. The summed E-state index contributed by atoms with van der Waals surface area (Å²) in [6.07, 6.45) is 3.07. The minimum atomic E-state index is -0.959. The molecule has 0 saturated carbocycles. The molecule has 2 aromatic heterocycles. The Bertz CT molecular complexity index is 2140. The van der Waals surface area contributed by atoms with E-state index in [2.05, 4.69) is 20.9 Å². The Labute approximate surface area is 296 Å². The number of ether oxygens (including phenoxy) is 1. The number of carboxylic acid groups (broad SMARTS) is 1. The van der Waals surface area contributed by atoms with Crippen LogP contribution in [0.3, 0.4) is 0 Å². The van der Waals surface area contributed by atoms with Gasteiger partial charge in [0.15, 0.2) is 5.82 Å². The van der Waals surface area contributed by atoms with Crippen molar-refractivity contribution in [1.29, 1.82) is 5.26 Å². The largest absolute Gasteiger partial charge is 0.465 e. The van der Waals surface area contributed by atoms with E-state index >= 15 is 8.78 Å². The van der Waals surface area contributed by atoms with E-state index in [9.17, 15) is 19.6 Å². The summed E-state index contributed by atoms with van der Waals surface area (Å²) in [5.74, 6) is -0.796. The molecule has 15 heteroatoms. The Morgan fingerprint density at radius 1 is 1.24 bits per heavy atom. The number of carbonyl (C=O) groups is 1. The van der Waals surface area contributed by atoms with E-state index in [-0.39, 0.29) is 51.4 Å². The highest BCUT2D eigenvalue weighted by Crippen LogP contribution is 2.47. The van der Waals surface area contributed by atoms with Gasteiger partial charge in [-0.2, -0.15) is 15.2 Å². The summed E-state index contributed by atoms with van der Waals surface area (Å²) in [5, 5.41) is 21.1. The first-order chi connectivity index (χ1) is 24.5. The van der Waals surface area contributed by atoms with Crippen molar-refractivity contribution >= 4 is 55.6 Å². The van der Waals surface area contributed by atoms with Gasteiger partial charge in [0.25, 0.3) is 0 Å². The van der Waals surface area contributed by atoms with Crippen LogP contribution in [0.15, 0.2) is 23.2 Å². The van der Waals surface area contributed by atoms with Gasteiger partial charge < -0.3 is 19.6 Å². The molecule has 2 aromatic carbocycles. The number of hydrogen-bond donors (Lipinski definition) is 1. The lowest BCUT2D eigenvalue weighted by atomic mass is 9.93. The molecular weight excluding hydrogens is 682 g/mol. The minimum absolute atomic E-state index is 0.0174. The molecular formula is C36H37F3N8O3S. The van der Waals surface area contributed by atoms with E-state index < -0.39 is 29.4 Å². The van der Waals surface area contributed by atoms with Gasteiger partial charge in [0.2, 0.25) is 0 Å². The average Bonchev–Trinajstić information content (AvgIpc) is 3.81. The average molecular weight is 719 g/mol. The molecule has 1 N–H and O–H groups in total. The predicted molar refractivity (Wildman–Crippen MR) is 189 cm³/mol. The standard InChI is InChI=1S/C36H37F3N8O3S/c1-19-11-24-30(29(39)27(19)23-7-8-26(38)31-28(23)25(13-40)33(51-31)41-18-44(2)3)42-34(50-17-36-9-4-10-46(36)14-20(37)12-36)43-32(24)45-15-21-5-6-22(16-45)47(21)35(48)49/h7-8,11,18,20-22H,4-6,9-10,12,14-17H2,1-3H3,(H,48,49)/t20-,21-,22+,36+/m1/s1. The third-order valence-electron chi connectivity index (χ3n) is 10.9. The molecule has 4 aromatic rings. The first kappa shape index (κ1) is 33.5. The second kappa shape index (κ2) is 12.5. The SMILES string of the molecule is Cc1cc2c(N3C[C@H]4CC[C@@H](C3)N4C(=O)O)nc(OC[C@@]34CCCN3C[C@H](F)C4)nc2c(F)c1-c1ccc(F)c2sc(N=CN(C)C)c(C#N)c12. The maximum Gasteiger partial charge on any atom is 0.407 e. The number of amides is 1. The van der Waals surface area contributed by atoms with Crippen LogP contribution < -0.4 is 9.64 Å². The van der Waals surface area contributed by atoms with Crippen LogP contribution >= 0.6 is 11.3 Å². The van der Waals surface area contributed by atoms with Crippen molar-refractivity contribution in [3.8, 4) is 23.2 Å². The number of nitriles is 1. The zero-order chi connectivity index (χ0) is 35.8. The summed E-state index contributed by atoms with van der Waals surface area (Å²) < 4.78 is 53.6. The number of anilines is 1. The molecule has 0 radical (unpaired) electrons. The van der Waals surface area contributed by atoms with Crippen LogP contribution in [0.5, 0.6) is 6.01 Å². The number of piperazine rings is 1. The van der Waals surface area contributed by atoms with Crippen LogP contribution in [0, 0.1) is 29.9 Å². The maximum atomic E-state index is 17.3. The van der Waals surface area contributed by atoms with Gasteiger partial charge in [-0.1, -0.05) is 6.07 Å². The van der Waals surface area contributed by atoms with E-state index in [4.69, 9.17) is 9.72 Å². The summed E-state index contributed by atoms with van der Waals surface area (Å²) >= 11 is 1.03. The highest BCUT2D eigenvalue weighted by atomic mass is 32.1. The van der Waals surface area contributed by atoms with E-state index in [1.54, 1.807) is 32.0 Å². The predicted octanol–water partition coefficient (Wildman–Crippen LogP) is 6.48. The zero-order valence-electron chi connectivity index (χ0n) is 28.5. The first-order valence-corrected chi connectivity index (χ1v) is 17.9. The smallest absolute Gasteiger partial charge is 0.407 e. The number of benzene rings is 2. The number of aryl methyl sites for hydroxylation is 1. The third kappa shape index (κ3) is 5.50. The molecule has 8 rings (SSSR count). The van der Waals surface area contributed by atoms with Crippen molar-refractivity contribution in [2.75, 3.05) is 51.8 Å². The Balaban J connectivity index is 1.28. The summed E-state index contributed by atoms with van der Waals surface area (Å²) in [5.41, 5.74) is 0.652. The number of hydrogen-bond acceptors (Lipinski definition) is 9. The van der Waals surface area contributed by atoms with Crippen LogP contribution in [-0.2, 0) is 0 Å². The molecule has 0 spiro atoms. The molecule has 4 saturated heterocycles. The van der Waals surface area contributed by atoms with Crippen LogP contribution in [0.2, 0.25) is 0 Å². The summed E-state index contributed by atoms with van der Waals surface area (Å²) in [7, 11) is 3.56. The highest BCUT2D eigenvalue weighted by molar-refractivity contribution is 7.23. The molecule has 51 heavy (non-hydrogen) atoms. The number of nitrogens with zero attached hydrogens (tertiary/aromatic N) is 8. The molecule has 0 unspecified atom stereocenters. The second-order valence-electron chi connectivity index (χ2n) is 14.4. The fraction of sp³-hybridized carbons (Fsp3) is 0.472. The van der Waals surface area contributed by atoms with Crippen molar-refractivity contribution in [3.05, 3.63) is 41.0 Å². The highest BCUT2D eigenvalue weighted by Gasteiger charge is 2.49. The summed E-state index contributed by atoms with van der Waals surface area (Å²) in [6.45, 7) is 3.76. The topological polar surface area (TPSA) is 121 Å². The van der Waals surface area contributed by atoms with Crippen LogP contribution in [0.1, 0.15) is 43.2 Å². The van der Waals surface area contributed by atoms with E-state index in [1.165, 1.54) is 23.4 Å². The van der Waals surface area contributed by atoms with Gasteiger partial charge in [-0.15, -0.1) is 11.3 Å². The second-order valence-corrected chi connectivity index (χ2v) is 15.4. The molecule has 4 fully saturated rings. The fourth-order valence-corrected chi connectivity index (χ4v) is 9.74. The summed E-state index contributed by atoms with van der Waals surface area (Å²) in [4.78, 5) is 33.2.